The summed E-state index contributed by atoms with van der Waals surface area (Å²) in [6.07, 6.45) is 1.71. The van der Waals surface area contributed by atoms with Crippen LogP contribution >= 0.6 is 11.8 Å². The number of aromatic nitrogens is 1. The molecule has 2 N–H and O–H groups in total. The lowest BCUT2D eigenvalue weighted by molar-refractivity contribution is -0.119. The van der Waals surface area contributed by atoms with Crippen LogP contribution in [0.4, 0.5) is 0 Å². The fourth-order valence-corrected chi connectivity index (χ4v) is 3.08. The normalized spacial score (nSPS) is 11.7. The Morgan fingerprint density at radius 2 is 2.05 bits per heavy atom. The Hall–Kier alpha value is -1.01. The van der Waals surface area contributed by atoms with E-state index in [2.05, 4.69) is 10.5 Å². The Balaban J connectivity index is 2.35. The standard InChI is InChI=1S/C15H26N2O3S/c1-5-15(6-2,10-18)9-16-14(19)8-21-7-13-11(3)17-20-12(13)4/h18H,5-10H2,1-4H3,(H,16,19). The highest BCUT2D eigenvalue weighted by Gasteiger charge is 2.25. The molecule has 0 aliphatic rings. The van der Waals surface area contributed by atoms with Gasteiger partial charge in [-0.3, -0.25) is 4.79 Å². The fourth-order valence-electron chi connectivity index (χ4n) is 2.07. The van der Waals surface area contributed by atoms with Gasteiger partial charge in [0.1, 0.15) is 5.76 Å². The molecule has 0 saturated heterocycles. The number of amides is 1. The van der Waals surface area contributed by atoms with Crippen molar-refractivity contribution in [2.75, 3.05) is 18.9 Å². The Kier molecular flexibility index (Phi) is 7.25. The van der Waals surface area contributed by atoms with Gasteiger partial charge in [0.05, 0.1) is 18.1 Å². The Morgan fingerprint density at radius 1 is 1.38 bits per heavy atom. The van der Waals surface area contributed by atoms with Crippen LogP contribution in [0.25, 0.3) is 0 Å². The third kappa shape index (κ3) is 5.04. The van der Waals surface area contributed by atoms with Crippen LogP contribution in [0.3, 0.4) is 0 Å². The summed E-state index contributed by atoms with van der Waals surface area (Å²) in [5.41, 5.74) is 1.76. The summed E-state index contributed by atoms with van der Waals surface area (Å²) in [5, 5.41) is 16.3. The largest absolute Gasteiger partial charge is 0.396 e. The summed E-state index contributed by atoms with van der Waals surface area (Å²) in [7, 11) is 0. The molecule has 0 aliphatic heterocycles. The van der Waals surface area contributed by atoms with Crippen LogP contribution in [0.2, 0.25) is 0 Å². The van der Waals surface area contributed by atoms with Gasteiger partial charge in [0, 0.05) is 23.3 Å². The zero-order valence-electron chi connectivity index (χ0n) is 13.4. The first-order valence-corrected chi connectivity index (χ1v) is 8.50. The average molecular weight is 314 g/mol. The van der Waals surface area contributed by atoms with Crippen molar-refractivity contribution < 1.29 is 14.4 Å². The molecule has 0 aromatic carbocycles. The Morgan fingerprint density at radius 3 is 2.52 bits per heavy atom. The molecule has 1 heterocycles. The van der Waals surface area contributed by atoms with Gasteiger partial charge in [-0.1, -0.05) is 19.0 Å². The molecule has 21 heavy (non-hydrogen) atoms. The van der Waals surface area contributed by atoms with Crippen LogP contribution in [-0.2, 0) is 10.5 Å². The molecular weight excluding hydrogens is 288 g/mol. The molecule has 6 heteroatoms. The summed E-state index contributed by atoms with van der Waals surface area (Å²) in [6.45, 7) is 8.50. The number of carbonyl (C=O) groups excluding carboxylic acids is 1. The lowest BCUT2D eigenvalue weighted by Gasteiger charge is -2.29. The number of aliphatic hydroxyl groups is 1. The Bertz CT molecular complexity index is 428. The van der Waals surface area contributed by atoms with Crippen molar-refractivity contribution >= 4 is 17.7 Å². The van der Waals surface area contributed by atoms with Crippen molar-refractivity contribution in [3.05, 3.63) is 17.0 Å². The van der Waals surface area contributed by atoms with Crippen LogP contribution < -0.4 is 5.32 Å². The number of nitrogens with zero attached hydrogens (tertiary/aromatic N) is 1. The maximum atomic E-state index is 11.9. The molecule has 0 spiro atoms. The second kappa shape index (κ2) is 8.44. The first kappa shape index (κ1) is 18.0. The van der Waals surface area contributed by atoms with Crippen LogP contribution in [-0.4, -0.2) is 35.1 Å². The van der Waals surface area contributed by atoms with E-state index in [-0.39, 0.29) is 17.9 Å². The SMILES string of the molecule is CCC(CC)(CO)CNC(=O)CSCc1c(C)noc1C. The van der Waals surface area contributed by atoms with Crippen molar-refractivity contribution in [2.24, 2.45) is 5.41 Å². The minimum Gasteiger partial charge on any atom is -0.396 e. The topological polar surface area (TPSA) is 75.4 Å². The quantitative estimate of drug-likeness (QED) is 0.732. The van der Waals surface area contributed by atoms with Gasteiger partial charge in [-0.25, -0.2) is 0 Å². The molecule has 0 fully saturated rings. The number of aliphatic hydroxyl groups excluding tert-OH is 1. The molecule has 120 valence electrons. The number of nitrogens with one attached hydrogen (secondary N) is 1. The second-order valence-corrected chi connectivity index (χ2v) is 6.42. The summed E-state index contributed by atoms with van der Waals surface area (Å²) in [5.74, 6) is 1.95. The van der Waals surface area contributed by atoms with Crippen LogP contribution in [0.5, 0.6) is 0 Å². The average Bonchev–Trinajstić information content (AvgIpc) is 2.81. The first-order valence-electron chi connectivity index (χ1n) is 7.35. The third-order valence-electron chi connectivity index (χ3n) is 4.16. The van der Waals surface area contributed by atoms with Gasteiger partial charge >= 0.3 is 0 Å². The molecule has 1 aromatic rings. The van der Waals surface area contributed by atoms with E-state index in [1.165, 1.54) is 0 Å². The molecule has 0 atom stereocenters. The van der Waals surface area contributed by atoms with Gasteiger partial charge in [0.2, 0.25) is 5.91 Å². The lowest BCUT2D eigenvalue weighted by Crippen LogP contribution is -2.40. The van der Waals surface area contributed by atoms with Crippen LogP contribution in [0.15, 0.2) is 4.52 Å². The van der Waals surface area contributed by atoms with Crippen molar-refractivity contribution in [3.63, 3.8) is 0 Å². The van der Waals surface area contributed by atoms with E-state index in [4.69, 9.17) is 4.52 Å². The second-order valence-electron chi connectivity index (χ2n) is 5.44. The lowest BCUT2D eigenvalue weighted by atomic mass is 9.83. The minimum atomic E-state index is -0.192. The fraction of sp³-hybridized carbons (Fsp3) is 0.733. The van der Waals surface area contributed by atoms with Crippen LogP contribution in [0.1, 0.15) is 43.7 Å². The minimum absolute atomic E-state index is 0.00600. The number of aryl methyl sites for hydroxylation is 2. The van der Waals surface area contributed by atoms with E-state index in [1.54, 1.807) is 11.8 Å². The summed E-state index contributed by atoms with van der Waals surface area (Å²) >= 11 is 1.55. The predicted octanol–water partition coefficient (Wildman–Crippen LogP) is 2.44. The first-order chi connectivity index (χ1) is 9.98. The number of hydrogen-bond donors (Lipinski definition) is 2. The molecule has 0 unspecified atom stereocenters. The van der Waals surface area contributed by atoms with Gasteiger partial charge in [-0.05, 0) is 26.7 Å². The molecule has 5 nitrogen and oxygen atoms in total. The van der Waals surface area contributed by atoms with Gasteiger partial charge in [0.15, 0.2) is 0 Å². The number of rotatable bonds is 9. The van der Waals surface area contributed by atoms with Crippen LogP contribution in [0, 0.1) is 19.3 Å². The Labute approximate surface area is 130 Å². The maximum absolute atomic E-state index is 11.9. The van der Waals surface area contributed by atoms with Crippen molar-refractivity contribution in [3.8, 4) is 0 Å². The zero-order valence-corrected chi connectivity index (χ0v) is 14.2. The van der Waals surface area contributed by atoms with E-state index in [1.807, 2.05) is 27.7 Å². The smallest absolute Gasteiger partial charge is 0.230 e. The zero-order chi connectivity index (χ0) is 15.9. The molecule has 0 saturated carbocycles. The van der Waals surface area contributed by atoms with Gasteiger partial charge in [-0.15, -0.1) is 11.8 Å². The monoisotopic (exact) mass is 314 g/mol. The molecule has 1 amide bonds. The van der Waals surface area contributed by atoms with E-state index in [9.17, 15) is 9.90 Å². The van der Waals surface area contributed by atoms with Crippen molar-refractivity contribution in [2.45, 2.75) is 46.3 Å². The molecule has 0 bridgehead atoms. The number of thioether (sulfide) groups is 1. The van der Waals surface area contributed by atoms with E-state index < -0.39 is 0 Å². The third-order valence-corrected chi connectivity index (χ3v) is 5.12. The van der Waals surface area contributed by atoms with E-state index >= 15 is 0 Å². The van der Waals surface area contributed by atoms with Crippen molar-refractivity contribution in [1.29, 1.82) is 0 Å². The highest BCUT2D eigenvalue weighted by molar-refractivity contribution is 7.99. The maximum Gasteiger partial charge on any atom is 0.230 e. The summed E-state index contributed by atoms with van der Waals surface area (Å²) in [4.78, 5) is 11.9. The van der Waals surface area contributed by atoms with Crippen molar-refractivity contribution in [1.82, 2.24) is 10.5 Å². The summed E-state index contributed by atoms with van der Waals surface area (Å²) < 4.78 is 5.10. The van der Waals surface area contributed by atoms with Gasteiger partial charge in [-0.2, -0.15) is 0 Å². The molecule has 1 aromatic heterocycles. The van der Waals surface area contributed by atoms with E-state index in [0.29, 0.717) is 12.3 Å². The summed E-state index contributed by atoms with van der Waals surface area (Å²) in [6, 6.07) is 0. The predicted molar refractivity (Wildman–Crippen MR) is 85.2 cm³/mol. The molecule has 0 aliphatic carbocycles. The molecular formula is C15H26N2O3S. The molecule has 0 radical (unpaired) electrons. The number of hydrogen-bond acceptors (Lipinski definition) is 5. The van der Waals surface area contributed by atoms with Gasteiger partial charge in [0.25, 0.3) is 0 Å². The number of carbonyl (C=O) groups is 1. The highest BCUT2D eigenvalue weighted by Crippen LogP contribution is 2.24. The highest BCUT2D eigenvalue weighted by atomic mass is 32.2. The van der Waals surface area contributed by atoms with E-state index in [0.717, 1.165) is 35.6 Å². The van der Waals surface area contributed by atoms with Gasteiger partial charge < -0.3 is 14.9 Å². The molecule has 1 rings (SSSR count).